The van der Waals surface area contributed by atoms with E-state index >= 15 is 0 Å². The average Bonchev–Trinajstić information content (AvgIpc) is 2.37. The van der Waals surface area contributed by atoms with Crippen molar-refractivity contribution in [2.24, 2.45) is 0 Å². The van der Waals surface area contributed by atoms with Crippen LogP contribution in [0, 0.1) is 6.92 Å². The van der Waals surface area contributed by atoms with E-state index < -0.39 is 0 Å². The molecular formula is C15H18ClN3O. The van der Waals surface area contributed by atoms with Crippen molar-refractivity contribution in [1.82, 2.24) is 14.9 Å². The number of hydrogen-bond acceptors (Lipinski definition) is 4. The van der Waals surface area contributed by atoms with E-state index in [0.29, 0.717) is 11.7 Å². The highest BCUT2D eigenvalue weighted by atomic mass is 35.5. The summed E-state index contributed by atoms with van der Waals surface area (Å²) >= 11 is 5.95. The van der Waals surface area contributed by atoms with Crippen LogP contribution in [0.25, 0.3) is 0 Å². The summed E-state index contributed by atoms with van der Waals surface area (Å²) in [5.74, 6) is 1.62. The SMILES string of the molecule is COc1ccccc1CN(C)Cc1nc(C)cc(Cl)n1. The minimum atomic E-state index is 0.484. The predicted octanol–water partition coefficient (Wildman–Crippen LogP) is 3.08. The fraction of sp³-hybridized carbons (Fsp3) is 0.333. The molecule has 1 heterocycles. The highest BCUT2D eigenvalue weighted by molar-refractivity contribution is 6.29. The van der Waals surface area contributed by atoms with Gasteiger partial charge in [-0.2, -0.15) is 0 Å². The molecule has 5 heteroatoms. The van der Waals surface area contributed by atoms with Crippen LogP contribution in [0.1, 0.15) is 17.1 Å². The Hall–Kier alpha value is -1.65. The molecule has 4 nitrogen and oxygen atoms in total. The minimum absolute atomic E-state index is 0.484. The van der Waals surface area contributed by atoms with Gasteiger partial charge in [0.25, 0.3) is 0 Å². The maximum atomic E-state index is 5.95. The van der Waals surface area contributed by atoms with Crippen molar-refractivity contribution < 1.29 is 4.74 Å². The molecule has 1 aromatic carbocycles. The molecule has 0 bridgehead atoms. The molecule has 2 rings (SSSR count). The Morgan fingerprint density at radius 2 is 1.95 bits per heavy atom. The van der Waals surface area contributed by atoms with Gasteiger partial charge in [0, 0.05) is 17.8 Å². The molecule has 0 aliphatic heterocycles. The Labute approximate surface area is 124 Å². The number of ether oxygens (including phenoxy) is 1. The third-order valence-corrected chi connectivity index (χ3v) is 3.11. The van der Waals surface area contributed by atoms with Gasteiger partial charge in [0.1, 0.15) is 16.7 Å². The van der Waals surface area contributed by atoms with E-state index in [1.165, 1.54) is 0 Å². The number of hydrogen-bond donors (Lipinski definition) is 0. The standard InChI is InChI=1S/C15H18ClN3O/c1-11-8-14(16)18-15(17-11)10-19(2)9-12-6-4-5-7-13(12)20-3/h4-8H,9-10H2,1-3H3. The summed E-state index contributed by atoms with van der Waals surface area (Å²) in [6.45, 7) is 3.32. The second-order valence-corrected chi connectivity index (χ2v) is 5.12. The van der Waals surface area contributed by atoms with Crippen LogP contribution in [0.3, 0.4) is 0 Å². The Kier molecular flexibility index (Phi) is 4.93. The third kappa shape index (κ3) is 3.92. The Morgan fingerprint density at radius 1 is 1.20 bits per heavy atom. The van der Waals surface area contributed by atoms with Gasteiger partial charge in [0.2, 0.25) is 0 Å². The van der Waals surface area contributed by atoms with E-state index in [1.54, 1.807) is 13.2 Å². The quantitative estimate of drug-likeness (QED) is 0.794. The summed E-state index contributed by atoms with van der Waals surface area (Å²) in [5.41, 5.74) is 2.02. The Balaban J connectivity index is 2.07. The van der Waals surface area contributed by atoms with Crippen LogP contribution in [0.4, 0.5) is 0 Å². The zero-order valence-corrected chi connectivity index (χ0v) is 12.7. The van der Waals surface area contributed by atoms with Crippen molar-refractivity contribution in [2.45, 2.75) is 20.0 Å². The predicted molar refractivity (Wildman–Crippen MR) is 79.9 cm³/mol. The van der Waals surface area contributed by atoms with Crippen molar-refractivity contribution in [2.75, 3.05) is 14.2 Å². The zero-order valence-electron chi connectivity index (χ0n) is 11.9. The fourth-order valence-electron chi connectivity index (χ4n) is 2.08. The first kappa shape index (κ1) is 14.8. The monoisotopic (exact) mass is 291 g/mol. The van der Waals surface area contributed by atoms with Crippen LogP contribution in [-0.4, -0.2) is 29.0 Å². The van der Waals surface area contributed by atoms with Gasteiger partial charge in [-0.3, -0.25) is 4.90 Å². The van der Waals surface area contributed by atoms with Gasteiger partial charge in [-0.15, -0.1) is 0 Å². The maximum absolute atomic E-state index is 5.95. The van der Waals surface area contributed by atoms with E-state index in [9.17, 15) is 0 Å². The molecule has 1 aromatic heterocycles. The van der Waals surface area contributed by atoms with Crippen molar-refractivity contribution in [3.8, 4) is 5.75 Å². The van der Waals surface area contributed by atoms with Crippen LogP contribution in [0.5, 0.6) is 5.75 Å². The molecule has 20 heavy (non-hydrogen) atoms. The van der Waals surface area contributed by atoms with Gasteiger partial charge < -0.3 is 4.74 Å². The average molecular weight is 292 g/mol. The number of aromatic nitrogens is 2. The number of nitrogens with zero attached hydrogens (tertiary/aromatic N) is 3. The van der Waals surface area contributed by atoms with E-state index in [-0.39, 0.29) is 0 Å². The van der Waals surface area contributed by atoms with Crippen LogP contribution < -0.4 is 4.74 Å². The van der Waals surface area contributed by atoms with Gasteiger partial charge in [-0.25, -0.2) is 9.97 Å². The Morgan fingerprint density at radius 3 is 2.65 bits per heavy atom. The molecule has 106 valence electrons. The van der Waals surface area contributed by atoms with Crippen LogP contribution in [0.2, 0.25) is 5.15 Å². The van der Waals surface area contributed by atoms with E-state index in [1.807, 2.05) is 32.2 Å². The summed E-state index contributed by atoms with van der Waals surface area (Å²) < 4.78 is 5.36. The summed E-state index contributed by atoms with van der Waals surface area (Å²) in [6, 6.07) is 9.74. The summed E-state index contributed by atoms with van der Waals surface area (Å²) in [6.07, 6.45) is 0. The maximum Gasteiger partial charge on any atom is 0.144 e. The zero-order chi connectivity index (χ0) is 14.5. The molecule has 0 unspecified atom stereocenters. The second kappa shape index (κ2) is 6.68. The number of methoxy groups -OCH3 is 1. The summed E-state index contributed by atoms with van der Waals surface area (Å²) in [5, 5.41) is 0.484. The number of benzene rings is 1. The highest BCUT2D eigenvalue weighted by Gasteiger charge is 2.08. The number of halogens is 1. The lowest BCUT2D eigenvalue weighted by Crippen LogP contribution is -2.19. The Bertz CT molecular complexity index is 569. The van der Waals surface area contributed by atoms with Crippen molar-refractivity contribution in [1.29, 1.82) is 0 Å². The van der Waals surface area contributed by atoms with Crippen molar-refractivity contribution in [3.63, 3.8) is 0 Å². The van der Waals surface area contributed by atoms with Gasteiger partial charge in [-0.05, 0) is 26.1 Å². The van der Waals surface area contributed by atoms with E-state index in [0.717, 1.165) is 29.4 Å². The first-order valence-electron chi connectivity index (χ1n) is 6.39. The fourth-order valence-corrected chi connectivity index (χ4v) is 2.34. The first-order chi connectivity index (χ1) is 9.58. The van der Waals surface area contributed by atoms with Crippen molar-refractivity contribution >= 4 is 11.6 Å². The second-order valence-electron chi connectivity index (χ2n) is 4.73. The molecule has 0 aliphatic rings. The van der Waals surface area contributed by atoms with Crippen LogP contribution >= 0.6 is 11.6 Å². The summed E-state index contributed by atoms with van der Waals surface area (Å²) in [4.78, 5) is 10.8. The number of aryl methyl sites for hydroxylation is 1. The van der Waals surface area contributed by atoms with Gasteiger partial charge in [0.05, 0.1) is 13.7 Å². The highest BCUT2D eigenvalue weighted by Crippen LogP contribution is 2.19. The molecule has 0 amide bonds. The molecule has 0 radical (unpaired) electrons. The lowest BCUT2D eigenvalue weighted by Gasteiger charge is -2.17. The molecule has 0 N–H and O–H groups in total. The molecule has 0 saturated heterocycles. The topological polar surface area (TPSA) is 38.2 Å². The van der Waals surface area contributed by atoms with Gasteiger partial charge in [0.15, 0.2) is 0 Å². The lowest BCUT2D eigenvalue weighted by molar-refractivity contribution is 0.302. The van der Waals surface area contributed by atoms with E-state index in [4.69, 9.17) is 16.3 Å². The summed E-state index contributed by atoms with van der Waals surface area (Å²) in [7, 11) is 3.70. The molecule has 0 aliphatic carbocycles. The van der Waals surface area contributed by atoms with Crippen LogP contribution in [0.15, 0.2) is 30.3 Å². The molecule has 0 spiro atoms. The normalized spacial score (nSPS) is 10.8. The lowest BCUT2D eigenvalue weighted by atomic mass is 10.2. The molecule has 2 aromatic rings. The smallest absolute Gasteiger partial charge is 0.144 e. The van der Waals surface area contributed by atoms with Crippen molar-refractivity contribution in [3.05, 3.63) is 52.6 Å². The number of para-hydroxylation sites is 1. The molecule has 0 fully saturated rings. The van der Waals surface area contributed by atoms with E-state index in [2.05, 4.69) is 20.9 Å². The first-order valence-corrected chi connectivity index (χ1v) is 6.77. The van der Waals surface area contributed by atoms with Crippen LogP contribution in [-0.2, 0) is 13.1 Å². The number of rotatable bonds is 5. The molecule has 0 atom stereocenters. The van der Waals surface area contributed by atoms with Gasteiger partial charge in [-0.1, -0.05) is 29.8 Å². The molecular weight excluding hydrogens is 274 g/mol. The minimum Gasteiger partial charge on any atom is -0.496 e. The van der Waals surface area contributed by atoms with Gasteiger partial charge >= 0.3 is 0 Å². The largest absolute Gasteiger partial charge is 0.496 e. The third-order valence-electron chi connectivity index (χ3n) is 2.91. The molecule has 0 saturated carbocycles.